The van der Waals surface area contributed by atoms with Gasteiger partial charge in [-0.25, -0.2) is 0 Å². The van der Waals surface area contributed by atoms with E-state index in [0.29, 0.717) is 12.1 Å². The standard InChI is InChI=1S/C11H14N2O/c1-8-3-4-10(7-13)5-11(8)14-9(2)6-12/h3-5,9H,6,12H2,1-2H3. The zero-order valence-electron chi connectivity index (χ0n) is 8.45. The van der Waals surface area contributed by atoms with E-state index in [2.05, 4.69) is 6.07 Å². The molecule has 1 aromatic rings. The highest BCUT2D eigenvalue weighted by Crippen LogP contribution is 2.20. The van der Waals surface area contributed by atoms with E-state index in [1.807, 2.05) is 19.9 Å². The van der Waals surface area contributed by atoms with Gasteiger partial charge in [0.1, 0.15) is 11.9 Å². The van der Waals surface area contributed by atoms with Crippen LogP contribution in [0.1, 0.15) is 18.1 Å². The summed E-state index contributed by atoms with van der Waals surface area (Å²) in [5.74, 6) is 0.738. The number of nitriles is 1. The Morgan fingerprint density at radius 1 is 1.57 bits per heavy atom. The molecule has 0 aliphatic heterocycles. The maximum absolute atomic E-state index is 8.71. The van der Waals surface area contributed by atoms with Gasteiger partial charge < -0.3 is 10.5 Å². The average molecular weight is 190 g/mol. The lowest BCUT2D eigenvalue weighted by Crippen LogP contribution is -2.23. The summed E-state index contributed by atoms with van der Waals surface area (Å²) in [7, 11) is 0. The van der Waals surface area contributed by atoms with Gasteiger partial charge in [-0.1, -0.05) is 6.07 Å². The first-order valence-corrected chi connectivity index (χ1v) is 4.55. The Bertz CT molecular complexity index is 355. The Kier molecular flexibility index (Phi) is 3.49. The minimum absolute atomic E-state index is 0.0253. The smallest absolute Gasteiger partial charge is 0.123 e. The molecule has 0 aromatic heterocycles. The maximum Gasteiger partial charge on any atom is 0.123 e. The predicted octanol–water partition coefficient (Wildman–Crippen LogP) is 1.59. The number of ether oxygens (including phenoxy) is 1. The van der Waals surface area contributed by atoms with Crippen LogP contribution in [0, 0.1) is 18.3 Å². The van der Waals surface area contributed by atoms with E-state index >= 15 is 0 Å². The number of rotatable bonds is 3. The summed E-state index contributed by atoms with van der Waals surface area (Å²) < 4.78 is 5.56. The number of nitrogens with zero attached hydrogens (tertiary/aromatic N) is 1. The third kappa shape index (κ3) is 2.48. The summed E-state index contributed by atoms with van der Waals surface area (Å²) in [4.78, 5) is 0. The molecular weight excluding hydrogens is 176 g/mol. The summed E-state index contributed by atoms with van der Waals surface area (Å²) in [6.45, 7) is 4.31. The summed E-state index contributed by atoms with van der Waals surface area (Å²) in [6.07, 6.45) is -0.0253. The molecule has 0 aliphatic rings. The number of hydrogen-bond acceptors (Lipinski definition) is 3. The fourth-order valence-corrected chi connectivity index (χ4v) is 1.06. The van der Waals surface area contributed by atoms with Crippen molar-refractivity contribution in [1.82, 2.24) is 0 Å². The van der Waals surface area contributed by atoms with E-state index in [0.717, 1.165) is 11.3 Å². The fourth-order valence-electron chi connectivity index (χ4n) is 1.06. The molecule has 0 amide bonds. The first-order valence-electron chi connectivity index (χ1n) is 4.55. The molecule has 0 aliphatic carbocycles. The lowest BCUT2D eigenvalue weighted by atomic mass is 10.1. The van der Waals surface area contributed by atoms with Crippen LogP contribution in [0.4, 0.5) is 0 Å². The van der Waals surface area contributed by atoms with Crippen LogP contribution in [-0.4, -0.2) is 12.6 Å². The van der Waals surface area contributed by atoms with Gasteiger partial charge in [0, 0.05) is 6.54 Å². The maximum atomic E-state index is 8.71. The van der Waals surface area contributed by atoms with Crippen molar-refractivity contribution in [3.05, 3.63) is 29.3 Å². The molecule has 74 valence electrons. The van der Waals surface area contributed by atoms with Crippen LogP contribution in [0.5, 0.6) is 5.75 Å². The first-order chi connectivity index (χ1) is 6.67. The fraction of sp³-hybridized carbons (Fsp3) is 0.364. The molecule has 3 heteroatoms. The van der Waals surface area contributed by atoms with Crippen LogP contribution in [0.15, 0.2) is 18.2 Å². The molecule has 0 spiro atoms. The van der Waals surface area contributed by atoms with Gasteiger partial charge in [-0.3, -0.25) is 0 Å². The van der Waals surface area contributed by atoms with Gasteiger partial charge in [-0.05, 0) is 31.5 Å². The van der Waals surface area contributed by atoms with Gasteiger partial charge in [-0.15, -0.1) is 0 Å². The molecule has 0 bridgehead atoms. The molecule has 0 fully saturated rings. The van der Waals surface area contributed by atoms with Crippen LogP contribution in [-0.2, 0) is 0 Å². The molecule has 0 radical (unpaired) electrons. The zero-order chi connectivity index (χ0) is 10.6. The first kappa shape index (κ1) is 10.6. The Labute approximate surface area is 84.1 Å². The van der Waals surface area contributed by atoms with Crippen molar-refractivity contribution >= 4 is 0 Å². The minimum atomic E-state index is -0.0253. The number of hydrogen-bond donors (Lipinski definition) is 1. The summed E-state index contributed by atoms with van der Waals surface area (Å²) >= 11 is 0. The molecule has 0 heterocycles. The van der Waals surface area contributed by atoms with E-state index in [1.165, 1.54) is 0 Å². The van der Waals surface area contributed by atoms with Crippen molar-refractivity contribution in [1.29, 1.82) is 5.26 Å². The normalized spacial score (nSPS) is 11.9. The SMILES string of the molecule is Cc1ccc(C#N)cc1OC(C)CN. The Morgan fingerprint density at radius 2 is 2.29 bits per heavy atom. The van der Waals surface area contributed by atoms with Crippen molar-refractivity contribution in [3.8, 4) is 11.8 Å². The van der Waals surface area contributed by atoms with E-state index in [-0.39, 0.29) is 6.10 Å². The van der Waals surface area contributed by atoms with Crippen molar-refractivity contribution < 1.29 is 4.74 Å². The Morgan fingerprint density at radius 3 is 2.86 bits per heavy atom. The number of aryl methyl sites for hydroxylation is 1. The van der Waals surface area contributed by atoms with Gasteiger partial charge in [0.2, 0.25) is 0 Å². The molecule has 1 unspecified atom stereocenters. The molecule has 2 N–H and O–H groups in total. The van der Waals surface area contributed by atoms with Crippen LogP contribution in [0.2, 0.25) is 0 Å². The Hall–Kier alpha value is -1.53. The monoisotopic (exact) mass is 190 g/mol. The summed E-state index contributed by atoms with van der Waals surface area (Å²) in [5, 5.41) is 8.71. The van der Waals surface area contributed by atoms with Crippen molar-refractivity contribution in [2.24, 2.45) is 5.73 Å². The van der Waals surface area contributed by atoms with Crippen LogP contribution >= 0.6 is 0 Å². The molecule has 0 saturated carbocycles. The topological polar surface area (TPSA) is 59.0 Å². The molecule has 14 heavy (non-hydrogen) atoms. The van der Waals surface area contributed by atoms with Crippen LogP contribution in [0.3, 0.4) is 0 Å². The molecular formula is C11H14N2O. The second kappa shape index (κ2) is 4.64. The second-order valence-electron chi connectivity index (χ2n) is 3.26. The molecule has 1 aromatic carbocycles. The quantitative estimate of drug-likeness (QED) is 0.787. The van der Waals surface area contributed by atoms with Crippen LogP contribution in [0.25, 0.3) is 0 Å². The second-order valence-corrected chi connectivity index (χ2v) is 3.26. The average Bonchev–Trinajstić information content (AvgIpc) is 2.21. The van der Waals surface area contributed by atoms with Gasteiger partial charge in [0.05, 0.1) is 11.6 Å². The lowest BCUT2D eigenvalue weighted by Gasteiger charge is -2.14. The highest BCUT2D eigenvalue weighted by molar-refractivity contribution is 5.41. The third-order valence-electron chi connectivity index (χ3n) is 1.98. The molecule has 0 saturated heterocycles. The summed E-state index contributed by atoms with van der Waals surface area (Å²) in [5.41, 5.74) is 7.07. The Balaban J connectivity index is 2.90. The van der Waals surface area contributed by atoms with Gasteiger partial charge >= 0.3 is 0 Å². The van der Waals surface area contributed by atoms with Gasteiger partial charge in [-0.2, -0.15) is 5.26 Å². The van der Waals surface area contributed by atoms with Crippen molar-refractivity contribution in [2.45, 2.75) is 20.0 Å². The van der Waals surface area contributed by atoms with Gasteiger partial charge in [0.15, 0.2) is 0 Å². The predicted molar refractivity (Wildman–Crippen MR) is 55.0 cm³/mol. The molecule has 3 nitrogen and oxygen atoms in total. The van der Waals surface area contributed by atoms with Crippen molar-refractivity contribution in [3.63, 3.8) is 0 Å². The largest absolute Gasteiger partial charge is 0.489 e. The molecule has 1 atom stereocenters. The lowest BCUT2D eigenvalue weighted by molar-refractivity contribution is 0.228. The van der Waals surface area contributed by atoms with Crippen molar-refractivity contribution in [2.75, 3.05) is 6.54 Å². The number of nitrogens with two attached hydrogens (primary N) is 1. The highest BCUT2D eigenvalue weighted by atomic mass is 16.5. The number of benzene rings is 1. The van der Waals surface area contributed by atoms with E-state index < -0.39 is 0 Å². The zero-order valence-corrected chi connectivity index (χ0v) is 8.45. The molecule has 1 rings (SSSR count). The van der Waals surface area contributed by atoms with E-state index in [9.17, 15) is 0 Å². The highest BCUT2D eigenvalue weighted by Gasteiger charge is 2.05. The van der Waals surface area contributed by atoms with Crippen LogP contribution < -0.4 is 10.5 Å². The summed E-state index contributed by atoms with van der Waals surface area (Å²) in [6, 6.07) is 7.46. The van der Waals surface area contributed by atoms with E-state index in [1.54, 1.807) is 12.1 Å². The minimum Gasteiger partial charge on any atom is -0.489 e. The van der Waals surface area contributed by atoms with E-state index in [4.69, 9.17) is 15.7 Å². The van der Waals surface area contributed by atoms with Gasteiger partial charge in [0.25, 0.3) is 0 Å². The third-order valence-corrected chi connectivity index (χ3v) is 1.98.